The highest BCUT2D eigenvalue weighted by molar-refractivity contribution is 7.16. The molecule has 4 aromatic rings. The Morgan fingerprint density at radius 2 is 1.70 bits per heavy atom. The number of nitrogens with zero attached hydrogens (tertiary/aromatic N) is 4. The van der Waals surface area contributed by atoms with Crippen molar-refractivity contribution in [3.8, 4) is 28.5 Å². The Hall–Kier alpha value is -3.01. The van der Waals surface area contributed by atoms with Crippen molar-refractivity contribution in [1.82, 2.24) is 19.7 Å². The minimum absolute atomic E-state index is 0.0798. The second-order valence-electron chi connectivity index (χ2n) is 5.52. The van der Waals surface area contributed by atoms with Crippen molar-refractivity contribution in [2.45, 2.75) is 6.61 Å². The number of pyridine rings is 1. The number of aromatic nitrogens is 4. The molecule has 138 valence electrons. The number of halogens is 4. The number of hydrogen-bond acceptors (Lipinski definition) is 5. The molecule has 0 unspecified atom stereocenters. The first kappa shape index (κ1) is 17.4. The molecule has 0 aliphatic heterocycles. The first-order chi connectivity index (χ1) is 13.0. The van der Waals surface area contributed by atoms with Gasteiger partial charge in [0.15, 0.2) is 17.4 Å². The van der Waals surface area contributed by atoms with Crippen LogP contribution in [0.3, 0.4) is 0 Å². The molecular formula is C17H10F4N4OS. The molecule has 0 saturated heterocycles. The molecule has 4 rings (SSSR count). The highest BCUT2D eigenvalue weighted by Crippen LogP contribution is 2.38. The summed E-state index contributed by atoms with van der Waals surface area (Å²) in [5.74, 6) is -1.78. The minimum atomic E-state index is -3.07. The summed E-state index contributed by atoms with van der Waals surface area (Å²) in [6.07, 6.45) is 1.17. The summed E-state index contributed by atoms with van der Waals surface area (Å²) in [4.78, 5) is 4.66. The molecule has 0 bridgehead atoms. The minimum Gasteiger partial charge on any atom is -0.432 e. The van der Waals surface area contributed by atoms with Crippen LogP contribution in [0.1, 0.15) is 0 Å². The third-order valence-corrected chi connectivity index (χ3v) is 4.78. The molecule has 0 radical (unpaired) electrons. The monoisotopic (exact) mass is 394 g/mol. The quantitative estimate of drug-likeness (QED) is 0.473. The third kappa shape index (κ3) is 2.91. The van der Waals surface area contributed by atoms with Gasteiger partial charge in [0.25, 0.3) is 0 Å². The van der Waals surface area contributed by atoms with Gasteiger partial charge in [0.2, 0.25) is 0 Å². The van der Waals surface area contributed by atoms with Crippen LogP contribution < -0.4 is 4.74 Å². The van der Waals surface area contributed by atoms with Crippen LogP contribution in [0.2, 0.25) is 0 Å². The highest BCUT2D eigenvalue weighted by atomic mass is 32.1. The molecule has 5 nitrogen and oxygen atoms in total. The summed E-state index contributed by atoms with van der Waals surface area (Å²) >= 11 is 1.31. The van der Waals surface area contributed by atoms with Crippen molar-refractivity contribution in [1.29, 1.82) is 0 Å². The molecule has 0 aliphatic carbocycles. The Kier molecular flexibility index (Phi) is 4.27. The zero-order chi connectivity index (χ0) is 19.1. The number of hydrogen-bond donors (Lipinski definition) is 0. The fourth-order valence-electron chi connectivity index (χ4n) is 2.80. The van der Waals surface area contributed by atoms with E-state index in [0.717, 1.165) is 12.1 Å². The number of ether oxygens (including phenoxy) is 1. The Balaban J connectivity index is 1.96. The number of alkyl halides is 2. The van der Waals surface area contributed by atoms with E-state index in [-0.39, 0.29) is 28.5 Å². The summed E-state index contributed by atoms with van der Waals surface area (Å²) in [5.41, 5.74) is -0.134. The van der Waals surface area contributed by atoms with Crippen molar-refractivity contribution in [2.75, 3.05) is 0 Å². The molecule has 0 fully saturated rings. The molecule has 3 aromatic heterocycles. The SMILES string of the molecule is Cn1c(-c2c(F)cccc2F)nnc1-c1c(OC(F)F)cnc2sccc12. The molecule has 0 aliphatic rings. The van der Waals surface area contributed by atoms with Crippen molar-refractivity contribution in [3.63, 3.8) is 0 Å². The molecule has 27 heavy (non-hydrogen) atoms. The van der Waals surface area contributed by atoms with Gasteiger partial charge in [0.05, 0.1) is 17.3 Å². The lowest BCUT2D eigenvalue weighted by Crippen LogP contribution is -2.06. The maximum Gasteiger partial charge on any atom is 0.387 e. The Morgan fingerprint density at radius 1 is 1.04 bits per heavy atom. The Bertz CT molecular complexity index is 1120. The lowest BCUT2D eigenvalue weighted by atomic mass is 10.1. The summed E-state index contributed by atoms with van der Waals surface area (Å²) in [5, 5.41) is 10.1. The number of rotatable bonds is 4. The molecule has 10 heteroatoms. The highest BCUT2D eigenvalue weighted by Gasteiger charge is 2.24. The van der Waals surface area contributed by atoms with Gasteiger partial charge in [-0.2, -0.15) is 8.78 Å². The maximum absolute atomic E-state index is 14.1. The van der Waals surface area contributed by atoms with Crippen LogP contribution in [0.25, 0.3) is 33.0 Å². The predicted molar refractivity (Wildman–Crippen MR) is 91.6 cm³/mol. The molecule has 0 saturated carbocycles. The van der Waals surface area contributed by atoms with Gasteiger partial charge < -0.3 is 9.30 Å². The molecule has 3 heterocycles. The molecule has 0 spiro atoms. The van der Waals surface area contributed by atoms with Gasteiger partial charge in [-0.15, -0.1) is 21.5 Å². The molecule has 0 N–H and O–H groups in total. The number of benzene rings is 1. The van der Waals surface area contributed by atoms with Gasteiger partial charge in [0.1, 0.15) is 16.5 Å². The van der Waals surface area contributed by atoms with Crippen LogP contribution in [0.5, 0.6) is 5.75 Å². The largest absolute Gasteiger partial charge is 0.432 e. The summed E-state index contributed by atoms with van der Waals surface area (Å²) in [6, 6.07) is 5.11. The number of thiophene rings is 1. The number of fused-ring (bicyclic) bond motifs is 1. The lowest BCUT2D eigenvalue weighted by molar-refractivity contribution is -0.0496. The van der Waals surface area contributed by atoms with E-state index in [1.807, 2.05) is 0 Å². The summed E-state index contributed by atoms with van der Waals surface area (Å²) in [7, 11) is 1.49. The van der Waals surface area contributed by atoms with E-state index in [1.165, 1.54) is 35.2 Å². The van der Waals surface area contributed by atoms with Crippen molar-refractivity contribution in [2.24, 2.45) is 7.05 Å². The first-order valence-corrected chi connectivity index (χ1v) is 8.50. The zero-order valence-corrected chi connectivity index (χ0v) is 14.5. The van der Waals surface area contributed by atoms with E-state index >= 15 is 0 Å². The van der Waals surface area contributed by atoms with E-state index in [9.17, 15) is 17.6 Å². The summed E-state index contributed by atoms with van der Waals surface area (Å²) in [6.45, 7) is -3.07. The van der Waals surface area contributed by atoms with E-state index in [2.05, 4.69) is 19.9 Å². The molecule has 0 atom stereocenters. The topological polar surface area (TPSA) is 52.8 Å². The summed E-state index contributed by atoms with van der Waals surface area (Å²) < 4.78 is 59.8. The molecule has 0 amide bonds. The standard InChI is InChI=1S/C17H10F4N4OS/c1-25-14(23-24-15(25)13-9(18)3-2-4-10(13)19)12-8-5-6-27-16(8)22-7-11(12)26-17(20)21/h2-7,17H,1H3. The van der Waals surface area contributed by atoms with Gasteiger partial charge in [-0.05, 0) is 23.6 Å². The fraction of sp³-hybridized carbons (Fsp3) is 0.118. The Labute approximate surface area is 153 Å². The van der Waals surface area contributed by atoms with E-state index in [0.29, 0.717) is 10.2 Å². The van der Waals surface area contributed by atoms with Crippen molar-refractivity contribution in [3.05, 3.63) is 47.5 Å². The van der Waals surface area contributed by atoms with Crippen LogP contribution in [0.4, 0.5) is 17.6 Å². The normalized spacial score (nSPS) is 11.5. The van der Waals surface area contributed by atoms with Crippen molar-refractivity contribution < 1.29 is 22.3 Å². The van der Waals surface area contributed by atoms with Crippen molar-refractivity contribution >= 4 is 21.6 Å². The van der Waals surface area contributed by atoms with Gasteiger partial charge in [0, 0.05) is 12.4 Å². The van der Waals surface area contributed by atoms with Gasteiger partial charge >= 0.3 is 6.61 Å². The Morgan fingerprint density at radius 3 is 2.37 bits per heavy atom. The maximum atomic E-state index is 14.1. The first-order valence-electron chi connectivity index (χ1n) is 7.62. The van der Waals surface area contributed by atoms with Crippen LogP contribution in [0.15, 0.2) is 35.8 Å². The zero-order valence-electron chi connectivity index (χ0n) is 13.7. The second kappa shape index (κ2) is 6.62. The van der Waals surface area contributed by atoms with Gasteiger partial charge in [-0.25, -0.2) is 13.8 Å². The van der Waals surface area contributed by atoms with Crippen LogP contribution in [0, 0.1) is 11.6 Å². The molecule has 1 aromatic carbocycles. The van der Waals surface area contributed by atoms with E-state index in [1.54, 1.807) is 11.4 Å². The smallest absolute Gasteiger partial charge is 0.387 e. The molecular weight excluding hydrogens is 384 g/mol. The van der Waals surface area contributed by atoms with Crippen LogP contribution in [-0.2, 0) is 7.05 Å². The fourth-order valence-corrected chi connectivity index (χ4v) is 3.54. The average molecular weight is 394 g/mol. The van der Waals surface area contributed by atoms with E-state index in [4.69, 9.17) is 0 Å². The van der Waals surface area contributed by atoms with Crippen LogP contribution >= 0.6 is 11.3 Å². The van der Waals surface area contributed by atoms with Gasteiger partial charge in [-0.1, -0.05) is 6.07 Å². The lowest BCUT2D eigenvalue weighted by Gasteiger charge is -2.11. The van der Waals surface area contributed by atoms with E-state index < -0.39 is 18.2 Å². The third-order valence-electron chi connectivity index (χ3n) is 3.96. The average Bonchev–Trinajstić information content (AvgIpc) is 3.22. The van der Waals surface area contributed by atoms with Crippen LogP contribution in [-0.4, -0.2) is 26.4 Å². The van der Waals surface area contributed by atoms with Gasteiger partial charge in [-0.3, -0.25) is 0 Å². The second-order valence-corrected chi connectivity index (χ2v) is 6.41. The predicted octanol–water partition coefficient (Wildman–Crippen LogP) is 4.64.